The third-order valence-corrected chi connectivity index (χ3v) is 11.2. The second-order valence-electron chi connectivity index (χ2n) is 17.8. The molecule has 0 unspecified atom stereocenters. The van der Waals surface area contributed by atoms with Crippen LogP contribution in [0.4, 0.5) is 0 Å². The van der Waals surface area contributed by atoms with Crippen molar-refractivity contribution < 1.29 is 28.6 Å². The zero-order valence-electron chi connectivity index (χ0n) is 44.3. The molecule has 0 saturated carbocycles. The van der Waals surface area contributed by atoms with Crippen LogP contribution in [-0.4, -0.2) is 37.2 Å². The smallest absolute Gasteiger partial charge is 0.306 e. The van der Waals surface area contributed by atoms with Crippen LogP contribution in [-0.2, 0) is 28.6 Å². The maximum absolute atomic E-state index is 12.8. The molecule has 0 saturated heterocycles. The Morgan fingerprint density at radius 3 is 0.942 bits per heavy atom. The van der Waals surface area contributed by atoms with E-state index in [1.165, 1.54) is 89.9 Å². The van der Waals surface area contributed by atoms with E-state index in [-0.39, 0.29) is 44.0 Å². The van der Waals surface area contributed by atoms with E-state index >= 15 is 0 Å². The molecule has 0 spiro atoms. The van der Waals surface area contributed by atoms with Gasteiger partial charge in [0.25, 0.3) is 0 Å². The standard InChI is InChI=1S/C63H100O6/c1-4-7-10-13-16-19-22-25-27-29-31-33-35-38-40-43-46-49-52-55-61(64)67-58-60(69-63(66)57-54-51-48-45-42-37-24-21-18-15-12-9-6-3)59-68-62(65)56-53-50-47-44-41-39-36-34-32-30-28-26-23-20-17-14-11-8-5-2/h7,10,16-17,19-20,25-28,31-34,38-41,46-47,49-50,60H,4-6,8-9,11-15,18,21-24,29-30,35-37,42-45,48,51-59H2,1-3H3/b10-7-,19-16-,20-17-,27-25-,28-26-,33-31-,34-32-,40-38-,41-39-,49-46-,50-47-/t60-/m1/s1. The molecule has 0 heterocycles. The fourth-order valence-corrected chi connectivity index (χ4v) is 7.04. The van der Waals surface area contributed by atoms with Crippen LogP contribution < -0.4 is 0 Å². The van der Waals surface area contributed by atoms with Crippen molar-refractivity contribution in [2.75, 3.05) is 13.2 Å². The highest BCUT2D eigenvalue weighted by Gasteiger charge is 2.19. The number of carbonyl (C=O) groups is 3. The molecule has 1 atom stereocenters. The molecule has 0 fully saturated rings. The lowest BCUT2D eigenvalue weighted by Gasteiger charge is -2.18. The molecule has 0 aliphatic rings. The van der Waals surface area contributed by atoms with Crippen LogP contribution >= 0.6 is 0 Å². The fraction of sp³-hybridized carbons (Fsp3) is 0.603. The van der Waals surface area contributed by atoms with Gasteiger partial charge in [0.05, 0.1) is 0 Å². The molecule has 69 heavy (non-hydrogen) atoms. The Hall–Kier alpha value is -4.45. The molecule has 0 radical (unpaired) electrons. The number of hydrogen-bond acceptors (Lipinski definition) is 6. The summed E-state index contributed by atoms with van der Waals surface area (Å²) in [6.45, 7) is 6.35. The second kappa shape index (κ2) is 56.1. The van der Waals surface area contributed by atoms with E-state index in [1.54, 1.807) is 0 Å². The minimum atomic E-state index is -0.841. The highest BCUT2D eigenvalue weighted by Crippen LogP contribution is 2.14. The SMILES string of the molecule is CC/C=C\C/C=C\C/C=C\C/C=C\C/C=C\C/C=C\CCC(=O)OC[C@H](COC(=O)CC/C=C\C/C=C\C/C=C\C/C=C\C/C=C\CCCCC)OC(=O)CCCCCCCCCCCCCCC. The number of unbranched alkanes of at least 4 members (excludes halogenated alkanes) is 15. The summed E-state index contributed by atoms with van der Waals surface area (Å²) >= 11 is 0. The highest BCUT2D eigenvalue weighted by atomic mass is 16.6. The van der Waals surface area contributed by atoms with Crippen LogP contribution in [0.5, 0.6) is 0 Å². The van der Waals surface area contributed by atoms with Crippen molar-refractivity contribution in [1.82, 2.24) is 0 Å². The quantitative estimate of drug-likeness (QED) is 0.0262. The van der Waals surface area contributed by atoms with Crippen molar-refractivity contribution in [2.45, 2.75) is 232 Å². The van der Waals surface area contributed by atoms with Gasteiger partial charge in [0.1, 0.15) is 13.2 Å². The summed E-state index contributed by atoms with van der Waals surface area (Å²) < 4.78 is 16.7. The Morgan fingerprint density at radius 1 is 0.304 bits per heavy atom. The average Bonchev–Trinajstić information content (AvgIpc) is 3.35. The van der Waals surface area contributed by atoms with E-state index in [9.17, 15) is 14.4 Å². The molecule has 0 N–H and O–H groups in total. The summed E-state index contributed by atoms with van der Waals surface area (Å²) in [6.07, 6.45) is 78.9. The summed E-state index contributed by atoms with van der Waals surface area (Å²) in [7, 11) is 0. The van der Waals surface area contributed by atoms with Crippen LogP contribution in [0.15, 0.2) is 134 Å². The van der Waals surface area contributed by atoms with Crippen LogP contribution in [0.1, 0.15) is 226 Å². The van der Waals surface area contributed by atoms with Crippen LogP contribution in [0.3, 0.4) is 0 Å². The van der Waals surface area contributed by atoms with Crippen molar-refractivity contribution in [3.63, 3.8) is 0 Å². The molecule has 0 amide bonds. The predicted molar refractivity (Wildman–Crippen MR) is 297 cm³/mol. The number of carbonyl (C=O) groups excluding carboxylic acids is 3. The van der Waals surface area contributed by atoms with Gasteiger partial charge in [0, 0.05) is 19.3 Å². The first-order valence-corrected chi connectivity index (χ1v) is 27.7. The summed E-state index contributed by atoms with van der Waals surface area (Å²) in [5.74, 6) is -1.11. The molecule has 0 aromatic carbocycles. The molecule has 0 aromatic heterocycles. The topological polar surface area (TPSA) is 78.9 Å². The minimum Gasteiger partial charge on any atom is -0.462 e. The van der Waals surface area contributed by atoms with E-state index in [2.05, 4.69) is 130 Å². The highest BCUT2D eigenvalue weighted by molar-refractivity contribution is 5.71. The average molecular weight is 953 g/mol. The van der Waals surface area contributed by atoms with Crippen molar-refractivity contribution in [1.29, 1.82) is 0 Å². The van der Waals surface area contributed by atoms with Crippen LogP contribution in [0.2, 0.25) is 0 Å². The first kappa shape index (κ1) is 64.5. The fourth-order valence-electron chi connectivity index (χ4n) is 7.04. The monoisotopic (exact) mass is 953 g/mol. The molecule has 0 bridgehead atoms. The van der Waals surface area contributed by atoms with Gasteiger partial charge in [0.15, 0.2) is 6.10 Å². The minimum absolute atomic E-state index is 0.143. The van der Waals surface area contributed by atoms with E-state index in [0.717, 1.165) is 83.5 Å². The Bertz CT molecular complexity index is 1510. The van der Waals surface area contributed by atoms with Gasteiger partial charge in [-0.05, 0) is 96.3 Å². The van der Waals surface area contributed by atoms with Crippen molar-refractivity contribution in [3.05, 3.63) is 134 Å². The Balaban J connectivity index is 4.61. The van der Waals surface area contributed by atoms with Gasteiger partial charge < -0.3 is 14.2 Å². The third-order valence-electron chi connectivity index (χ3n) is 11.2. The van der Waals surface area contributed by atoms with Gasteiger partial charge in [-0.15, -0.1) is 0 Å². The Morgan fingerprint density at radius 2 is 0.594 bits per heavy atom. The molecule has 6 nitrogen and oxygen atoms in total. The molecule has 0 aliphatic heterocycles. The first-order valence-electron chi connectivity index (χ1n) is 27.7. The molecular formula is C63H100O6. The zero-order chi connectivity index (χ0) is 50.0. The molecule has 0 aliphatic carbocycles. The maximum Gasteiger partial charge on any atom is 0.306 e. The lowest BCUT2D eigenvalue weighted by atomic mass is 10.0. The van der Waals surface area contributed by atoms with Gasteiger partial charge in [-0.1, -0.05) is 244 Å². The lowest BCUT2D eigenvalue weighted by molar-refractivity contribution is -0.166. The van der Waals surface area contributed by atoms with Gasteiger partial charge in [-0.2, -0.15) is 0 Å². The maximum atomic E-state index is 12.8. The number of hydrogen-bond donors (Lipinski definition) is 0. The van der Waals surface area contributed by atoms with Crippen LogP contribution in [0.25, 0.3) is 0 Å². The molecule has 388 valence electrons. The molecular weight excluding hydrogens is 853 g/mol. The number of ether oxygens (including phenoxy) is 3. The van der Waals surface area contributed by atoms with E-state index in [4.69, 9.17) is 14.2 Å². The Kier molecular flexibility index (Phi) is 52.5. The normalized spacial score (nSPS) is 13.1. The number of esters is 3. The van der Waals surface area contributed by atoms with Crippen molar-refractivity contribution in [3.8, 4) is 0 Å². The summed E-state index contributed by atoms with van der Waals surface area (Å²) in [5.41, 5.74) is 0. The van der Waals surface area contributed by atoms with E-state index < -0.39 is 6.10 Å². The number of allylic oxidation sites excluding steroid dienone is 22. The largest absolute Gasteiger partial charge is 0.462 e. The van der Waals surface area contributed by atoms with Gasteiger partial charge in [0.2, 0.25) is 0 Å². The third kappa shape index (κ3) is 54.4. The van der Waals surface area contributed by atoms with Crippen LogP contribution in [0, 0.1) is 0 Å². The number of rotatable bonds is 48. The first-order chi connectivity index (χ1) is 34.0. The lowest BCUT2D eigenvalue weighted by Crippen LogP contribution is -2.30. The van der Waals surface area contributed by atoms with Crippen molar-refractivity contribution >= 4 is 17.9 Å². The Labute approximate surface area is 424 Å². The molecule has 6 heteroatoms. The predicted octanol–water partition coefficient (Wildman–Crippen LogP) is 18.6. The van der Waals surface area contributed by atoms with Gasteiger partial charge in [-0.3, -0.25) is 14.4 Å². The van der Waals surface area contributed by atoms with Crippen molar-refractivity contribution in [2.24, 2.45) is 0 Å². The summed E-state index contributed by atoms with van der Waals surface area (Å²) in [6, 6.07) is 0. The van der Waals surface area contributed by atoms with Gasteiger partial charge >= 0.3 is 17.9 Å². The van der Waals surface area contributed by atoms with E-state index in [0.29, 0.717) is 19.3 Å². The summed E-state index contributed by atoms with van der Waals surface area (Å²) in [5, 5.41) is 0. The summed E-state index contributed by atoms with van der Waals surface area (Å²) in [4.78, 5) is 38.0. The zero-order valence-corrected chi connectivity index (χ0v) is 44.3. The molecule has 0 aromatic rings. The second-order valence-corrected chi connectivity index (χ2v) is 17.8. The van der Waals surface area contributed by atoms with E-state index in [1.807, 2.05) is 24.3 Å². The van der Waals surface area contributed by atoms with Gasteiger partial charge in [-0.25, -0.2) is 0 Å². The molecule has 0 rings (SSSR count).